The van der Waals surface area contributed by atoms with Crippen molar-refractivity contribution in [2.45, 2.75) is 245 Å². The molecule has 0 aliphatic rings. The number of esters is 3. The number of hydrogen-bond acceptors (Lipinski definition) is 6. The molecule has 0 heterocycles. The van der Waals surface area contributed by atoms with E-state index >= 15 is 0 Å². The van der Waals surface area contributed by atoms with E-state index in [-0.39, 0.29) is 31.1 Å². The van der Waals surface area contributed by atoms with Crippen molar-refractivity contribution in [2.75, 3.05) is 13.2 Å². The lowest BCUT2D eigenvalue weighted by Crippen LogP contribution is -2.30. The highest BCUT2D eigenvalue weighted by Crippen LogP contribution is 2.13. The van der Waals surface area contributed by atoms with Crippen molar-refractivity contribution in [2.24, 2.45) is 0 Å². The van der Waals surface area contributed by atoms with E-state index in [0.717, 1.165) is 128 Å². The van der Waals surface area contributed by atoms with Crippen molar-refractivity contribution in [3.8, 4) is 0 Å². The molecule has 0 amide bonds. The molecule has 1 atom stereocenters. The van der Waals surface area contributed by atoms with Crippen molar-refractivity contribution in [3.05, 3.63) is 122 Å². The summed E-state index contributed by atoms with van der Waals surface area (Å²) in [6.45, 7) is 6.41. The Morgan fingerprint density at radius 2 is 0.565 bits per heavy atom. The lowest BCUT2D eigenvalue weighted by atomic mass is 10.1. The van der Waals surface area contributed by atoms with Crippen LogP contribution in [0.2, 0.25) is 0 Å². The first kappa shape index (κ1) is 64.8. The molecule has 0 aromatic heterocycles. The van der Waals surface area contributed by atoms with Gasteiger partial charge in [0.2, 0.25) is 0 Å². The molecule has 0 saturated heterocycles. The summed E-state index contributed by atoms with van der Waals surface area (Å²) in [7, 11) is 0. The summed E-state index contributed by atoms with van der Waals surface area (Å²) in [6, 6.07) is 0. The van der Waals surface area contributed by atoms with Crippen LogP contribution in [0.25, 0.3) is 0 Å². The Labute approximate surface area is 424 Å². The summed E-state index contributed by atoms with van der Waals surface area (Å²) in [5, 5.41) is 0. The molecule has 6 nitrogen and oxygen atoms in total. The van der Waals surface area contributed by atoms with E-state index in [1.807, 2.05) is 0 Å². The Morgan fingerprint density at radius 1 is 0.304 bits per heavy atom. The second-order valence-electron chi connectivity index (χ2n) is 18.1. The molecule has 0 saturated carbocycles. The lowest BCUT2D eigenvalue weighted by Gasteiger charge is -2.18. The molecular formula is C63H102O6. The highest BCUT2D eigenvalue weighted by Gasteiger charge is 2.19. The summed E-state index contributed by atoms with van der Waals surface area (Å²) in [5.74, 6) is -0.971. The molecule has 0 fully saturated rings. The number of rotatable bonds is 49. The maximum Gasteiger partial charge on any atom is 0.306 e. The Kier molecular flexibility index (Phi) is 53.0. The van der Waals surface area contributed by atoms with Gasteiger partial charge in [-0.05, 0) is 135 Å². The maximum atomic E-state index is 12.8. The number of carbonyl (C=O) groups excluding carboxylic acids is 3. The molecule has 6 heteroatoms. The van der Waals surface area contributed by atoms with Crippen LogP contribution in [0.15, 0.2) is 122 Å². The minimum absolute atomic E-state index is 0.102. The molecule has 0 aromatic rings. The zero-order valence-electron chi connectivity index (χ0n) is 44.5. The average molecular weight is 956 g/mol. The van der Waals surface area contributed by atoms with Crippen LogP contribution >= 0.6 is 0 Å². The fourth-order valence-electron chi connectivity index (χ4n) is 7.21. The maximum absolute atomic E-state index is 12.8. The van der Waals surface area contributed by atoms with Crippen LogP contribution in [-0.2, 0) is 28.6 Å². The third kappa shape index (κ3) is 54.6. The van der Waals surface area contributed by atoms with Gasteiger partial charge in [-0.3, -0.25) is 14.4 Å². The first-order chi connectivity index (χ1) is 34.0. The highest BCUT2D eigenvalue weighted by molar-refractivity contribution is 5.71. The van der Waals surface area contributed by atoms with E-state index in [0.29, 0.717) is 25.7 Å². The summed E-state index contributed by atoms with van der Waals surface area (Å²) in [6.07, 6.45) is 77.6. The molecule has 390 valence electrons. The Morgan fingerprint density at radius 3 is 0.928 bits per heavy atom. The van der Waals surface area contributed by atoms with Crippen molar-refractivity contribution >= 4 is 17.9 Å². The van der Waals surface area contributed by atoms with Crippen molar-refractivity contribution in [3.63, 3.8) is 0 Å². The number of hydrogen-bond donors (Lipinski definition) is 0. The zero-order valence-corrected chi connectivity index (χ0v) is 44.5. The standard InChI is InChI=1S/C63H102O6/c1-4-7-10-13-16-19-22-25-26-27-28-29-30-31-32-33-34-35-36-37-38-39-42-44-47-50-53-56-62(65)68-59-60(69-63(66)57-54-51-48-45-41-24-21-18-15-12-9-6-3)58-67-61(64)55-52-49-46-43-40-23-20-17-14-11-8-5-2/h7,10,16-21,25-26,28-29,31-32,34-35,37-38,42,44,60H,4-6,8-9,11-15,22-24,27,30,33,36,39-41,43,45-59H2,1-3H3/b10-7-,19-16-,20-17-,21-18-,26-25-,29-28-,32-31-,35-34-,38-37-,44-42-. The summed E-state index contributed by atoms with van der Waals surface area (Å²) in [4.78, 5) is 38.0. The molecule has 0 aliphatic heterocycles. The van der Waals surface area contributed by atoms with Crippen LogP contribution in [0.4, 0.5) is 0 Å². The van der Waals surface area contributed by atoms with Gasteiger partial charge in [0.25, 0.3) is 0 Å². The second-order valence-corrected chi connectivity index (χ2v) is 18.1. The largest absolute Gasteiger partial charge is 0.462 e. The molecule has 69 heavy (non-hydrogen) atoms. The molecule has 1 unspecified atom stereocenters. The third-order valence-electron chi connectivity index (χ3n) is 11.4. The molecular weight excluding hydrogens is 853 g/mol. The monoisotopic (exact) mass is 955 g/mol. The van der Waals surface area contributed by atoms with Gasteiger partial charge >= 0.3 is 17.9 Å². The second kappa shape index (κ2) is 56.4. The number of carbonyl (C=O) groups is 3. The first-order valence-electron chi connectivity index (χ1n) is 28.0. The number of ether oxygens (including phenoxy) is 3. The Hall–Kier alpha value is -4.19. The highest BCUT2D eigenvalue weighted by atomic mass is 16.6. The third-order valence-corrected chi connectivity index (χ3v) is 11.4. The minimum atomic E-state index is -0.806. The minimum Gasteiger partial charge on any atom is -0.462 e. The van der Waals surface area contributed by atoms with Crippen molar-refractivity contribution in [1.82, 2.24) is 0 Å². The van der Waals surface area contributed by atoms with E-state index in [2.05, 4.69) is 142 Å². The van der Waals surface area contributed by atoms with Crippen molar-refractivity contribution in [1.29, 1.82) is 0 Å². The molecule has 0 aliphatic carbocycles. The predicted octanol–water partition coefficient (Wildman–Crippen LogP) is 18.9. The number of allylic oxidation sites excluding steroid dienone is 20. The van der Waals surface area contributed by atoms with Crippen LogP contribution in [0.1, 0.15) is 239 Å². The van der Waals surface area contributed by atoms with E-state index in [4.69, 9.17) is 14.2 Å². The molecule has 0 aromatic carbocycles. The fraction of sp³-hybridized carbons (Fsp3) is 0.635. The molecule has 0 N–H and O–H groups in total. The average Bonchev–Trinajstić information content (AvgIpc) is 3.35. The predicted molar refractivity (Wildman–Crippen MR) is 297 cm³/mol. The SMILES string of the molecule is CC/C=C\C/C=C\C/C=C\C/C=C\C/C=C\C/C=C\C/C=C\C/C=C\CCCCC(=O)OCC(COC(=O)CCCCCCC/C=C\CCCCC)OC(=O)CCCCCCC/C=C\CCCCC. The van der Waals surface area contributed by atoms with Crippen LogP contribution in [0.5, 0.6) is 0 Å². The molecule has 0 spiro atoms. The smallest absolute Gasteiger partial charge is 0.306 e. The van der Waals surface area contributed by atoms with Crippen LogP contribution < -0.4 is 0 Å². The normalized spacial score (nSPS) is 13.0. The van der Waals surface area contributed by atoms with E-state index in [1.54, 1.807) is 0 Å². The van der Waals surface area contributed by atoms with Gasteiger partial charge < -0.3 is 14.2 Å². The van der Waals surface area contributed by atoms with Gasteiger partial charge in [-0.15, -0.1) is 0 Å². The quantitative estimate of drug-likeness (QED) is 0.0262. The molecule has 0 bridgehead atoms. The molecule has 0 rings (SSSR count). The molecule has 0 radical (unpaired) electrons. The van der Waals surface area contributed by atoms with Gasteiger partial charge in [-0.1, -0.05) is 206 Å². The van der Waals surface area contributed by atoms with Crippen LogP contribution in [0, 0.1) is 0 Å². The van der Waals surface area contributed by atoms with Crippen LogP contribution in [0.3, 0.4) is 0 Å². The van der Waals surface area contributed by atoms with E-state index < -0.39 is 6.10 Å². The van der Waals surface area contributed by atoms with E-state index in [1.165, 1.54) is 64.2 Å². The summed E-state index contributed by atoms with van der Waals surface area (Å²) >= 11 is 0. The lowest BCUT2D eigenvalue weighted by molar-refractivity contribution is -0.167. The Balaban J connectivity index is 4.40. The van der Waals surface area contributed by atoms with Crippen LogP contribution in [-0.4, -0.2) is 37.2 Å². The summed E-state index contributed by atoms with van der Waals surface area (Å²) in [5.41, 5.74) is 0. The van der Waals surface area contributed by atoms with Gasteiger partial charge in [0.05, 0.1) is 0 Å². The van der Waals surface area contributed by atoms with Crippen molar-refractivity contribution < 1.29 is 28.6 Å². The Bertz CT molecular complexity index is 1470. The zero-order chi connectivity index (χ0) is 50.0. The van der Waals surface area contributed by atoms with E-state index in [9.17, 15) is 14.4 Å². The first-order valence-corrected chi connectivity index (χ1v) is 28.0. The van der Waals surface area contributed by atoms with Gasteiger partial charge in [0, 0.05) is 19.3 Å². The van der Waals surface area contributed by atoms with Gasteiger partial charge in [-0.2, -0.15) is 0 Å². The summed E-state index contributed by atoms with van der Waals surface area (Å²) < 4.78 is 16.8. The number of unbranched alkanes of at least 4 members (excludes halogenated alkanes) is 18. The van der Waals surface area contributed by atoms with Gasteiger partial charge in [0.1, 0.15) is 13.2 Å². The van der Waals surface area contributed by atoms with Gasteiger partial charge in [0.15, 0.2) is 6.10 Å². The fourth-order valence-corrected chi connectivity index (χ4v) is 7.21. The van der Waals surface area contributed by atoms with Gasteiger partial charge in [-0.25, -0.2) is 0 Å². The topological polar surface area (TPSA) is 78.9 Å².